The molecule has 1 heterocycles. The quantitative estimate of drug-likeness (QED) is 0.890. The Balaban J connectivity index is 1.70. The molecular formula is C16H21N3. The van der Waals surface area contributed by atoms with Crippen molar-refractivity contribution in [2.24, 2.45) is 0 Å². The second-order valence-corrected chi connectivity index (χ2v) is 5.56. The monoisotopic (exact) mass is 255 g/mol. The van der Waals surface area contributed by atoms with Crippen molar-refractivity contribution in [2.75, 3.05) is 0 Å². The van der Waals surface area contributed by atoms with Gasteiger partial charge in [-0.2, -0.15) is 5.10 Å². The topological polar surface area (TPSA) is 29.9 Å². The summed E-state index contributed by atoms with van der Waals surface area (Å²) in [6, 6.07) is 9.38. The fourth-order valence-corrected chi connectivity index (χ4v) is 2.34. The summed E-state index contributed by atoms with van der Waals surface area (Å²) in [5.41, 5.74) is 5.21. The fraction of sp³-hybridized carbons (Fsp3) is 0.438. The maximum Gasteiger partial charge on any atom is 0.0662 e. The van der Waals surface area contributed by atoms with Crippen LogP contribution in [0, 0.1) is 13.8 Å². The molecule has 2 aromatic rings. The van der Waals surface area contributed by atoms with Crippen LogP contribution in [0.1, 0.15) is 35.2 Å². The smallest absolute Gasteiger partial charge is 0.0662 e. The molecule has 0 amide bonds. The zero-order valence-corrected chi connectivity index (χ0v) is 11.7. The summed E-state index contributed by atoms with van der Waals surface area (Å²) in [5.74, 6) is 0. The number of aryl methyl sites for hydroxylation is 1. The number of benzene rings is 1. The first-order chi connectivity index (χ1) is 9.22. The third-order valence-corrected chi connectivity index (χ3v) is 3.78. The SMILES string of the molecule is Cc1cccc(Cn2ncc(CNC3CC3)c2C)c1. The molecular weight excluding hydrogens is 234 g/mol. The van der Waals surface area contributed by atoms with E-state index in [1.807, 2.05) is 6.20 Å². The van der Waals surface area contributed by atoms with E-state index in [0.29, 0.717) is 0 Å². The summed E-state index contributed by atoms with van der Waals surface area (Å²) >= 11 is 0. The van der Waals surface area contributed by atoms with E-state index in [0.717, 1.165) is 19.1 Å². The van der Waals surface area contributed by atoms with Gasteiger partial charge in [0.1, 0.15) is 0 Å². The van der Waals surface area contributed by atoms with E-state index in [1.54, 1.807) is 0 Å². The second kappa shape index (κ2) is 5.17. The van der Waals surface area contributed by atoms with E-state index in [1.165, 1.54) is 35.2 Å². The predicted octanol–water partition coefficient (Wildman–Crippen LogP) is 2.80. The van der Waals surface area contributed by atoms with E-state index >= 15 is 0 Å². The van der Waals surface area contributed by atoms with Crippen molar-refractivity contribution in [3.63, 3.8) is 0 Å². The molecule has 1 fully saturated rings. The van der Waals surface area contributed by atoms with Gasteiger partial charge in [-0.3, -0.25) is 4.68 Å². The zero-order valence-electron chi connectivity index (χ0n) is 11.7. The molecule has 3 rings (SSSR count). The maximum absolute atomic E-state index is 4.52. The normalized spacial score (nSPS) is 14.8. The third kappa shape index (κ3) is 3.04. The highest BCUT2D eigenvalue weighted by atomic mass is 15.3. The minimum Gasteiger partial charge on any atom is -0.310 e. The van der Waals surface area contributed by atoms with Gasteiger partial charge in [0.25, 0.3) is 0 Å². The predicted molar refractivity (Wildman–Crippen MR) is 77.1 cm³/mol. The Morgan fingerprint density at radius 3 is 2.89 bits per heavy atom. The second-order valence-electron chi connectivity index (χ2n) is 5.56. The lowest BCUT2D eigenvalue weighted by Crippen LogP contribution is -2.16. The average molecular weight is 255 g/mol. The van der Waals surface area contributed by atoms with E-state index < -0.39 is 0 Å². The van der Waals surface area contributed by atoms with Crippen LogP contribution in [0.15, 0.2) is 30.5 Å². The van der Waals surface area contributed by atoms with Gasteiger partial charge in [0.15, 0.2) is 0 Å². The highest BCUT2D eigenvalue weighted by molar-refractivity contribution is 5.24. The van der Waals surface area contributed by atoms with Crippen molar-refractivity contribution in [2.45, 2.75) is 45.8 Å². The van der Waals surface area contributed by atoms with Gasteiger partial charge in [-0.15, -0.1) is 0 Å². The van der Waals surface area contributed by atoms with Crippen LogP contribution >= 0.6 is 0 Å². The van der Waals surface area contributed by atoms with E-state index in [2.05, 4.69) is 53.2 Å². The molecule has 19 heavy (non-hydrogen) atoms. The molecule has 0 atom stereocenters. The molecule has 3 heteroatoms. The highest BCUT2D eigenvalue weighted by Gasteiger charge is 2.20. The lowest BCUT2D eigenvalue weighted by molar-refractivity contribution is 0.654. The molecule has 0 spiro atoms. The lowest BCUT2D eigenvalue weighted by atomic mass is 10.1. The van der Waals surface area contributed by atoms with Crippen LogP contribution in [0.25, 0.3) is 0 Å². The Kier molecular flexibility index (Phi) is 3.38. The van der Waals surface area contributed by atoms with Gasteiger partial charge in [0.2, 0.25) is 0 Å². The third-order valence-electron chi connectivity index (χ3n) is 3.78. The van der Waals surface area contributed by atoms with Gasteiger partial charge in [0, 0.05) is 23.8 Å². The molecule has 0 aliphatic heterocycles. The van der Waals surface area contributed by atoms with Gasteiger partial charge in [-0.25, -0.2) is 0 Å². The number of nitrogens with zero attached hydrogens (tertiary/aromatic N) is 2. The van der Waals surface area contributed by atoms with E-state index in [-0.39, 0.29) is 0 Å². The molecule has 0 saturated heterocycles. The van der Waals surface area contributed by atoms with Crippen LogP contribution in [-0.4, -0.2) is 15.8 Å². The molecule has 1 aliphatic rings. The summed E-state index contributed by atoms with van der Waals surface area (Å²) < 4.78 is 2.10. The van der Waals surface area contributed by atoms with Gasteiger partial charge in [0.05, 0.1) is 12.7 Å². The Bertz CT molecular complexity index is 567. The van der Waals surface area contributed by atoms with Crippen molar-refractivity contribution in [1.29, 1.82) is 0 Å². The minimum absolute atomic E-state index is 0.750. The number of hydrogen-bond acceptors (Lipinski definition) is 2. The highest BCUT2D eigenvalue weighted by Crippen LogP contribution is 2.20. The number of nitrogens with one attached hydrogen (secondary N) is 1. The number of hydrogen-bond donors (Lipinski definition) is 1. The van der Waals surface area contributed by atoms with E-state index in [9.17, 15) is 0 Å². The van der Waals surface area contributed by atoms with Crippen LogP contribution in [0.4, 0.5) is 0 Å². The average Bonchev–Trinajstić information content (AvgIpc) is 3.15. The molecule has 3 nitrogen and oxygen atoms in total. The first kappa shape index (κ1) is 12.4. The van der Waals surface area contributed by atoms with Gasteiger partial charge in [-0.1, -0.05) is 29.8 Å². The minimum atomic E-state index is 0.750. The number of aromatic nitrogens is 2. The molecule has 1 saturated carbocycles. The zero-order chi connectivity index (χ0) is 13.2. The lowest BCUT2D eigenvalue weighted by Gasteiger charge is -2.07. The van der Waals surface area contributed by atoms with Crippen LogP contribution in [0.2, 0.25) is 0 Å². The van der Waals surface area contributed by atoms with Crippen molar-refractivity contribution in [3.05, 3.63) is 52.8 Å². The van der Waals surface area contributed by atoms with Crippen molar-refractivity contribution in [3.8, 4) is 0 Å². The molecule has 1 aromatic heterocycles. The molecule has 0 radical (unpaired) electrons. The molecule has 1 aliphatic carbocycles. The summed E-state index contributed by atoms with van der Waals surface area (Å²) in [6.45, 7) is 6.10. The Morgan fingerprint density at radius 1 is 1.32 bits per heavy atom. The van der Waals surface area contributed by atoms with E-state index in [4.69, 9.17) is 0 Å². The fourth-order valence-electron chi connectivity index (χ4n) is 2.34. The summed E-state index contributed by atoms with van der Waals surface area (Å²) in [4.78, 5) is 0. The van der Waals surface area contributed by atoms with Crippen LogP contribution in [0.5, 0.6) is 0 Å². The van der Waals surface area contributed by atoms with Gasteiger partial charge >= 0.3 is 0 Å². The number of rotatable bonds is 5. The van der Waals surface area contributed by atoms with Crippen molar-refractivity contribution in [1.82, 2.24) is 15.1 Å². The summed E-state index contributed by atoms with van der Waals surface area (Å²) in [7, 11) is 0. The maximum atomic E-state index is 4.52. The standard InChI is InChI=1S/C16H21N3/c1-12-4-3-5-14(8-12)11-19-13(2)15(10-18-19)9-17-16-6-7-16/h3-5,8,10,16-17H,6-7,9,11H2,1-2H3. The molecule has 0 bridgehead atoms. The Hall–Kier alpha value is -1.61. The molecule has 100 valence electrons. The Labute approximate surface area is 114 Å². The van der Waals surface area contributed by atoms with Crippen LogP contribution in [0.3, 0.4) is 0 Å². The van der Waals surface area contributed by atoms with Gasteiger partial charge in [-0.05, 0) is 32.3 Å². The molecule has 1 N–H and O–H groups in total. The Morgan fingerprint density at radius 2 is 2.16 bits per heavy atom. The van der Waals surface area contributed by atoms with Crippen molar-refractivity contribution < 1.29 is 0 Å². The van der Waals surface area contributed by atoms with Crippen molar-refractivity contribution >= 4 is 0 Å². The molecule has 0 unspecified atom stereocenters. The van der Waals surface area contributed by atoms with Crippen LogP contribution in [-0.2, 0) is 13.1 Å². The van der Waals surface area contributed by atoms with Crippen LogP contribution < -0.4 is 5.32 Å². The molecule has 1 aromatic carbocycles. The van der Waals surface area contributed by atoms with Gasteiger partial charge < -0.3 is 5.32 Å². The first-order valence-corrected chi connectivity index (χ1v) is 7.02. The largest absolute Gasteiger partial charge is 0.310 e. The summed E-state index contributed by atoms with van der Waals surface area (Å²) in [5, 5.41) is 8.06. The summed E-state index contributed by atoms with van der Waals surface area (Å²) in [6.07, 6.45) is 4.66. The first-order valence-electron chi connectivity index (χ1n) is 7.02.